The lowest BCUT2D eigenvalue weighted by atomic mass is 9.97. The summed E-state index contributed by atoms with van der Waals surface area (Å²) in [4.78, 5) is 2.52. The van der Waals surface area contributed by atoms with Crippen LogP contribution in [0.5, 0.6) is 0 Å². The number of hydrogen-bond donors (Lipinski definition) is 0. The summed E-state index contributed by atoms with van der Waals surface area (Å²) in [5.41, 5.74) is 0. The van der Waals surface area contributed by atoms with Gasteiger partial charge in [-0.05, 0) is 38.3 Å². The molecule has 0 saturated carbocycles. The lowest BCUT2D eigenvalue weighted by molar-refractivity contribution is 0.207. The molecule has 1 heteroatoms. The Morgan fingerprint density at radius 2 is 1.92 bits per heavy atom. The van der Waals surface area contributed by atoms with Gasteiger partial charge in [-0.1, -0.05) is 12.2 Å². The molecule has 68 valence electrons. The second kappa shape index (κ2) is 5.15. The molecule has 0 radical (unpaired) electrons. The first-order chi connectivity index (χ1) is 5.86. The first kappa shape index (κ1) is 9.53. The zero-order chi connectivity index (χ0) is 8.81. The molecule has 1 rings (SSSR count). The van der Waals surface area contributed by atoms with Crippen molar-refractivity contribution in [2.24, 2.45) is 5.92 Å². The van der Waals surface area contributed by atoms with Crippen molar-refractivity contribution in [3.05, 3.63) is 25.3 Å². The first-order valence-electron chi connectivity index (χ1n) is 4.82. The van der Waals surface area contributed by atoms with Gasteiger partial charge in [0.15, 0.2) is 0 Å². The van der Waals surface area contributed by atoms with Gasteiger partial charge in [0.05, 0.1) is 0 Å². The van der Waals surface area contributed by atoms with Crippen LogP contribution in [0.1, 0.15) is 19.3 Å². The van der Waals surface area contributed by atoms with Gasteiger partial charge in [-0.3, -0.25) is 0 Å². The third kappa shape index (κ3) is 2.82. The van der Waals surface area contributed by atoms with Gasteiger partial charge in [0, 0.05) is 6.54 Å². The number of allylic oxidation sites excluding steroid dienone is 1. The minimum absolute atomic E-state index is 0.769. The Kier molecular flexibility index (Phi) is 4.09. The van der Waals surface area contributed by atoms with E-state index in [4.69, 9.17) is 0 Å². The highest BCUT2D eigenvalue weighted by Gasteiger charge is 2.15. The minimum atomic E-state index is 0.769. The van der Waals surface area contributed by atoms with Crippen molar-refractivity contribution in [1.82, 2.24) is 4.90 Å². The third-order valence-corrected chi connectivity index (χ3v) is 2.62. The van der Waals surface area contributed by atoms with Crippen LogP contribution in [0.15, 0.2) is 25.3 Å². The topological polar surface area (TPSA) is 3.24 Å². The van der Waals surface area contributed by atoms with E-state index >= 15 is 0 Å². The summed E-state index contributed by atoms with van der Waals surface area (Å²) in [7, 11) is 0. The molecule has 1 aliphatic rings. The van der Waals surface area contributed by atoms with Crippen molar-refractivity contribution >= 4 is 0 Å². The summed E-state index contributed by atoms with van der Waals surface area (Å²) in [6.07, 6.45) is 7.81. The highest BCUT2D eigenvalue weighted by atomic mass is 15.1. The molecule has 0 aromatic heterocycles. The number of piperidine rings is 1. The second-order valence-electron chi connectivity index (χ2n) is 3.49. The molecular formula is C11H19N. The fourth-order valence-corrected chi connectivity index (χ4v) is 1.69. The normalized spacial score (nSPS) is 20.7. The monoisotopic (exact) mass is 165 g/mol. The van der Waals surface area contributed by atoms with E-state index in [2.05, 4.69) is 24.1 Å². The Morgan fingerprint density at radius 3 is 2.42 bits per heavy atom. The van der Waals surface area contributed by atoms with E-state index in [0.717, 1.165) is 12.3 Å². The number of likely N-dealkylation sites (tertiary alicyclic amines) is 1. The second-order valence-corrected chi connectivity index (χ2v) is 3.49. The zero-order valence-electron chi connectivity index (χ0n) is 7.84. The van der Waals surface area contributed by atoms with Gasteiger partial charge in [0.1, 0.15) is 0 Å². The summed E-state index contributed by atoms with van der Waals surface area (Å²) in [5.74, 6) is 0.769. The van der Waals surface area contributed by atoms with Gasteiger partial charge in [0.25, 0.3) is 0 Å². The van der Waals surface area contributed by atoms with Crippen molar-refractivity contribution in [3.8, 4) is 0 Å². The SMILES string of the molecule is C=CCCN1CCC(C=C)CC1. The average Bonchev–Trinajstić information content (AvgIpc) is 2.15. The molecule has 0 bridgehead atoms. The molecule has 0 N–H and O–H groups in total. The maximum Gasteiger partial charge on any atom is 0.00158 e. The zero-order valence-corrected chi connectivity index (χ0v) is 7.84. The maximum absolute atomic E-state index is 3.84. The van der Waals surface area contributed by atoms with E-state index in [0.29, 0.717) is 0 Å². The number of hydrogen-bond acceptors (Lipinski definition) is 1. The van der Waals surface area contributed by atoms with E-state index in [1.807, 2.05) is 6.08 Å². The Bertz CT molecular complexity index is 143. The van der Waals surface area contributed by atoms with Crippen LogP contribution in [0.25, 0.3) is 0 Å². The van der Waals surface area contributed by atoms with Crippen LogP contribution in [0.3, 0.4) is 0 Å². The van der Waals surface area contributed by atoms with Crippen molar-refractivity contribution in [2.75, 3.05) is 19.6 Å². The highest BCUT2D eigenvalue weighted by Crippen LogP contribution is 2.17. The van der Waals surface area contributed by atoms with E-state index in [1.165, 1.54) is 32.5 Å². The molecule has 1 heterocycles. The largest absolute Gasteiger partial charge is 0.303 e. The van der Waals surface area contributed by atoms with Gasteiger partial charge >= 0.3 is 0 Å². The summed E-state index contributed by atoms with van der Waals surface area (Å²) in [6, 6.07) is 0. The van der Waals surface area contributed by atoms with Gasteiger partial charge in [-0.25, -0.2) is 0 Å². The predicted octanol–water partition coefficient (Wildman–Crippen LogP) is 2.46. The van der Waals surface area contributed by atoms with Crippen LogP contribution in [0.4, 0.5) is 0 Å². The van der Waals surface area contributed by atoms with Crippen molar-refractivity contribution in [2.45, 2.75) is 19.3 Å². The smallest absolute Gasteiger partial charge is 0.00158 e. The molecule has 12 heavy (non-hydrogen) atoms. The predicted molar refractivity (Wildman–Crippen MR) is 54.2 cm³/mol. The Balaban J connectivity index is 2.16. The number of nitrogens with zero attached hydrogens (tertiary/aromatic N) is 1. The molecule has 0 aromatic rings. The molecular weight excluding hydrogens is 146 g/mol. The molecule has 0 spiro atoms. The lowest BCUT2D eigenvalue weighted by Gasteiger charge is -2.30. The molecule has 0 amide bonds. The molecule has 1 nitrogen and oxygen atoms in total. The van der Waals surface area contributed by atoms with Crippen molar-refractivity contribution in [3.63, 3.8) is 0 Å². The fourth-order valence-electron chi connectivity index (χ4n) is 1.69. The van der Waals surface area contributed by atoms with Crippen LogP contribution in [0.2, 0.25) is 0 Å². The first-order valence-corrected chi connectivity index (χ1v) is 4.82. The average molecular weight is 165 g/mol. The molecule has 0 aliphatic carbocycles. The molecule has 1 fully saturated rings. The highest BCUT2D eigenvalue weighted by molar-refractivity contribution is 4.84. The van der Waals surface area contributed by atoms with Crippen LogP contribution in [-0.4, -0.2) is 24.5 Å². The van der Waals surface area contributed by atoms with Gasteiger partial charge in [-0.2, -0.15) is 0 Å². The van der Waals surface area contributed by atoms with Crippen molar-refractivity contribution in [1.29, 1.82) is 0 Å². The molecule has 0 atom stereocenters. The van der Waals surface area contributed by atoms with E-state index in [1.54, 1.807) is 0 Å². The van der Waals surface area contributed by atoms with Crippen LogP contribution in [-0.2, 0) is 0 Å². The van der Waals surface area contributed by atoms with Gasteiger partial charge in [0.2, 0.25) is 0 Å². The Hall–Kier alpha value is -0.560. The van der Waals surface area contributed by atoms with Crippen LogP contribution < -0.4 is 0 Å². The quantitative estimate of drug-likeness (QED) is 0.578. The fraction of sp³-hybridized carbons (Fsp3) is 0.636. The summed E-state index contributed by atoms with van der Waals surface area (Å²) in [6.45, 7) is 11.2. The molecule has 1 saturated heterocycles. The van der Waals surface area contributed by atoms with E-state index < -0.39 is 0 Å². The Morgan fingerprint density at radius 1 is 1.25 bits per heavy atom. The summed E-state index contributed by atoms with van der Waals surface area (Å²) in [5, 5.41) is 0. The maximum atomic E-state index is 3.84. The van der Waals surface area contributed by atoms with Crippen LogP contribution in [0, 0.1) is 5.92 Å². The van der Waals surface area contributed by atoms with E-state index in [-0.39, 0.29) is 0 Å². The number of rotatable bonds is 4. The third-order valence-electron chi connectivity index (χ3n) is 2.62. The lowest BCUT2D eigenvalue weighted by Crippen LogP contribution is -2.33. The van der Waals surface area contributed by atoms with Crippen molar-refractivity contribution < 1.29 is 0 Å². The molecule has 1 aliphatic heterocycles. The Labute approximate surface area is 75.8 Å². The minimum Gasteiger partial charge on any atom is -0.303 e. The van der Waals surface area contributed by atoms with Gasteiger partial charge < -0.3 is 4.90 Å². The van der Waals surface area contributed by atoms with E-state index in [9.17, 15) is 0 Å². The summed E-state index contributed by atoms with van der Waals surface area (Å²) >= 11 is 0. The summed E-state index contributed by atoms with van der Waals surface area (Å²) < 4.78 is 0. The van der Waals surface area contributed by atoms with Crippen LogP contribution >= 0.6 is 0 Å². The van der Waals surface area contributed by atoms with Gasteiger partial charge in [-0.15, -0.1) is 13.2 Å². The molecule has 0 unspecified atom stereocenters. The standard InChI is InChI=1S/C11H19N/c1-3-5-8-12-9-6-11(4-2)7-10-12/h3-4,11H,1-2,5-10H2. The molecule has 0 aromatic carbocycles.